The molecule has 4 heteroatoms. The van der Waals surface area contributed by atoms with E-state index in [0.717, 1.165) is 17.9 Å². The second-order valence-corrected chi connectivity index (χ2v) is 6.05. The Morgan fingerprint density at radius 2 is 2.00 bits per heavy atom. The fourth-order valence-corrected chi connectivity index (χ4v) is 1.84. The molecule has 0 aromatic carbocycles. The Balaban J connectivity index is 3.73. The molecule has 1 unspecified atom stereocenters. The van der Waals surface area contributed by atoms with Crippen LogP contribution in [0.3, 0.4) is 0 Å². The summed E-state index contributed by atoms with van der Waals surface area (Å²) in [6.45, 7) is 10.8. The molecule has 0 aliphatic carbocycles. The number of carbonyl (C=O) groups is 1. The Labute approximate surface area is 104 Å². The molecule has 2 N–H and O–H groups in total. The van der Waals surface area contributed by atoms with Crippen LogP contribution in [0.5, 0.6) is 0 Å². The van der Waals surface area contributed by atoms with Gasteiger partial charge in [0.15, 0.2) is 0 Å². The molecule has 3 nitrogen and oxygen atoms in total. The van der Waals surface area contributed by atoms with E-state index in [9.17, 15) is 4.79 Å². The number of hydrogen-bond acceptors (Lipinski definition) is 3. The molecule has 0 saturated carbocycles. The minimum absolute atomic E-state index is 0.0835. The summed E-state index contributed by atoms with van der Waals surface area (Å²) in [6.07, 6.45) is 0.944. The average molecular weight is 246 g/mol. The summed E-state index contributed by atoms with van der Waals surface area (Å²) in [4.78, 5) is 11.6. The van der Waals surface area contributed by atoms with E-state index in [4.69, 9.17) is 0 Å². The van der Waals surface area contributed by atoms with Crippen LogP contribution < -0.4 is 10.6 Å². The molecule has 0 aliphatic heterocycles. The quantitative estimate of drug-likeness (QED) is 0.688. The van der Waals surface area contributed by atoms with Crippen LogP contribution in [-0.4, -0.2) is 35.5 Å². The fourth-order valence-electron chi connectivity index (χ4n) is 1.13. The lowest BCUT2D eigenvalue weighted by Gasteiger charge is -2.25. The van der Waals surface area contributed by atoms with Crippen LogP contribution in [0.4, 0.5) is 0 Å². The first-order chi connectivity index (χ1) is 7.41. The predicted molar refractivity (Wildman–Crippen MR) is 73.0 cm³/mol. The Morgan fingerprint density at radius 3 is 2.50 bits per heavy atom. The van der Waals surface area contributed by atoms with Crippen LogP contribution in [0.25, 0.3) is 0 Å². The van der Waals surface area contributed by atoms with Crippen LogP contribution in [0.2, 0.25) is 0 Å². The Hall–Kier alpha value is -0.220. The zero-order valence-electron chi connectivity index (χ0n) is 11.2. The maximum Gasteiger partial charge on any atom is 0.234 e. The van der Waals surface area contributed by atoms with Gasteiger partial charge >= 0.3 is 0 Å². The first-order valence-electron chi connectivity index (χ1n) is 6.03. The van der Waals surface area contributed by atoms with Gasteiger partial charge in [0.1, 0.15) is 0 Å². The Bertz CT molecular complexity index is 207. The summed E-state index contributed by atoms with van der Waals surface area (Å²) in [5.74, 6) is 2.27. The van der Waals surface area contributed by atoms with E-state index >= 15 is 0 Å². The molecule has 0 aromatic rings. The highest BCUT2D eigenvalue weighted by molar-refractivity contribution is 7.99. The first kappa shape index (κ1) is 15.8. The number of hydrogen-bond donors (Lipinski definition) is 2. The SMILES string of the molecule is CCSCC(C)NCC(=O)NC(C)(C)CC. The normalized spacial score (nSPS) is 13.6. The van der Waals surface area contributed by atoms with Crippen molar-refractivity contribution in [1.29, 1.82) is 0 Å². The predicted octanol–water partition coefficient (Wildman–Crippen LogP) is 2.02. The summed E-state index contributed by atoms with van der Waals surface area (Å²) in [5, 5.41) is 6.24. The zero-order valence-corrected chi connectivity index (χ0v) is 12.0. The standard InChI is InChI=1S/C12H26N2OS/c1-6-12(4,5)14-11(15)8-13-10(3)9-16-7-2/h10,13H,6-9H2,1-5H3,(H,14,15). The van der Waals surface area contributed by atoms with Crippen molar-refractivity contribution < 1.29 is 4.79 Å². The maximum absolute atomic E-state index is 11.6. The van der Waals surface area contributed by atoms with Crippen LogP contribution in [-0.2, 0) is 4.79 Å². The van der Waals surface area contributed by atoms with Gasteiger partial charge in [0.05, 0.1) is 6.54 Å². The van der Waals surface area contributed by atoms with Crippen LogP contribution in [0.1, 0.15) is 41.0 Å². The second kappa shape index (κ2) is 7.96. The van der Waals surface area contributed by atoms with Crippen LogP contribution in [0.15, 0.2) is 0 Å². The van der Waals surface area contributed by atoms with Gasteiger partial charge in [0.25, 0.3) is 0 Å². The average Bonchev–Trinajstić information content (AvgIpc) is 2.23. The van der Waals surface area contributed by atoms with Crippen molar-refractivity contribution in [3.05, 3.63) is 0 Å². The van der Waals surface area contributed by atoms with E-state index in [1.54, 1.807) is 0 Å². The van der Waals surface area contributed by atoms with E-state index < -0.39 is 0 Å². The van der Waals surface area contributed by atoms with Gasteiger partial charge in [0.2, 0.25) is 5.91 Å². The van der Waals surface area contributed by atoms with Gasteiger partial charge in [-0.25, -0.2) is 0 Å². The minimum Gasteiger partial charge on any atom is -0.350 e. The van der Waals surface area contributed by atoms with Crippen molar-refractivity contribution >= 4 is 17.7 Å². The molecule has 1 atom stereocenters. The number of carbonyl (C=O) groups excluding carboxylic acids is 1. The molecule has 1 amide bonds. The third-order valence-electron chi connectivity index (χ3n) is 2.54. The molecule has 0 aromatic heterocycles. The third-order valence-corrected chi connectivity index (χ3v) is 3.69. The summed E-state index contributed by atoms with van der Waals surface area (Å²) < 4.78 is 0. The molecule has 0 saturated heterocycles. The van der Waals surface area contributed by atoms with Crippen molar-refractivity contribution in [2.24, 2.45) is 0 Å². The lowest BCUT2D eigenvalue weighted by Crippen LogP contribution is -2.47. The van der Waals surface area contributed by atoms with E-state index in [0.29, 0.717) is 12.6 Å². The lowest BCUT2D eigenvalue weighted by molar-refractivity contribution is -0.121. The van der Waals surface area contributed by atoms with E-state index in [-0.39, 0.29) is 11.4 Å². The molecule has 0 fully saturated rings. The highest BCUT2D eigenvalue weighted by atomic mass is 32.2. The van der Waals surface area contributed by atoms with Crippen molar-refractivity contribution in [3.63, 3.8) is 0 Å². The lowest BCUT2D eigenvalue weighted by atomic mass is 10.0. The third kappa shape index (κ3) is 7.99. The molecule has 0 rings (SSSR count). The van der Waals surface area contributed by atoms with E-state index in [1.165, 1.54) is 0 Å². The topological polar surface area (TPSA) is 41.1 Å². The summed E-state index contributed by atoms with van der Waals surface area (Å²) in [7, 11) is 0. The minimum atomic E-state index is -0.0971. The second-order valence-electron chi connectivity index (χ2n) is 4.73. The molecular weight excluding hydrogens is 220 g/mol. The Kier molecular flexibility index (Phi) is 7.85. The van der Waals surface area contributed by atoms with E-state index in [1.807, 2.05) is 25.6 Å². The summed E-state index contributed by atoms with van der Waals surface area (Å²) in [6, 6.07) is 0.389. The molecule has 0 heterocycles. The maximum atomic E-state index is 11.6. The zero-order chi connectivity index (χ0) is 12.6. The number of thioether (sulfide) groups is 1. The molecular formula is C12H26N2OS. The fraction of sp³-hybridized carbons (Fsp3) is 0.917. The van der Waals surface area contributed by atoms with Gasteiger partial charge in [-0.3, -0.25) is 4.79 Å². The van der Waals surface area contributed by atoms with Gasteiger partial charge in [-0.2, -0.15) is 11.8 Å². The van der Waals surface area contributed by atoms with Crippen molar-refractivity contribution in [2.45, 2.75) is 52.6 Å². The summed E-state index contributed by atoms with van der Waals surface area (Å²) >= 11 is 1.89. The van der Waals surface area contributed by atoms with Crippen LogP contribution >= 0.6 is 11.8 Å². The molecule has 0 bridgehead atoms. The Morgan fingerprint density at radius 1 is 1.38 bits per heavy atom. The van der Waals surface area contributed by atoms with Gasteiger partial charge in [-0.1, -0.05) is 13.8 Å². The first-order valence-corrected chi connectivity index (χ1v) is 7.19. The number of amides is 1. The van der Waals surface area contributed by atoms with Crippen molar-refractivity contribution in [2.75, 3.05) is 18.1 Å². The van der Waals surface area contributed by atoms with Crippen LogP contribution in [0, 0.1) is 0 Å². The van der Waals surface area contributed by atoms with Crippen molar-refractivity contribution in [3.8, 4) is 0 Å². The molecule has 0 radical (unpaired) electrons. The van der Waals surface area contributed by atoms with Gasteiger partial charge < -0.3 is 10.6 Å². The van der Waals surface area contributed by atoms with Gasteiger partial charge in [-0.15, -0.1) is 0 Å². The highest BCUT2D eigenvalue weighted by Gasteiger charge is 2.17. The largest absolute Gasteiger partial charge is 0.350 e. The molecule has 0 spiro atoms. The van der Waals surface area contributed by atoms with Gasteiger partial charge in [0, 0.05) is 17.3 Å². The van der Waals surface area contributed by atoms with Crippen molar-refractivity contribution in [1.82, 2.24) is 10.6 Å². The smallest absolute Gasteiger partial charge is 0.234 e. The summed E-state index contributed by atoms with van der Waals surface area (Å²) in [5.41, 5.74) is -0.0971. The number of rotatable bonds is 8. The molecule has 0 aliphatic rings. The van der Waals surface area contributed by atoms with E-state index in [2.05, 4.69) is 31.4 Å². The monoisotopic (exact) mass is 246 g/mol. The highest BCUT2D eigenvalue weighted by Crippen LogP contribution is 2.06. The van der Waals surface area contributed by atoms with Gasteiger partial charge in [-0.05, 0) is 32.9 Å². The molecule has 96 valence electrons. The molecule has 16 heavy (non-hydrogen) atoms. The number of nitrogens with one attached hydrogen (secondary N) is 2.